The van der Waals surface area contributed by atoms with Crippen molar-refractivity contribution in [3.63, 3.8) is 0 Å². The largest absolute Gasteiger partial charge is 0.451 e. The normalized spacial score (nSPS) is 13.6. The summed E-state index contributed by atoms with van der Waals surface area (Å²) in [5, 5.41) is 4.29. The average Bonchev–Trinajstić information content (AvgIpc) is 3.18. The molecule has 3 aromatic rings. The van der Waals surface area contributed by atoms with Crippen molar-refractivity contribution >= 4 is 5.91 Å². The summed E-state index contributed by atoms with van der Waals surface area (Å²) in [6.45, 7) is 5.21. The molecule has 0 unspecified atom stereocenters. The summed E-state index contributed by atoms with van der Waals surface area (Å²) < 4.78 is 7.21. The van der Waals surface area contributed by atoms with Gasteiger partial charge < -0.3 is 9.32 Å². The van der Waals surface area contributed by atoms with Crippen LogP contribution in [0.3, 0.4) is 0 Å². The molecule has 0 spiro atoms. The molecule has 28 heavy (non-hydrogen) atoms. The van der Waals surface area contributed by atoms with Crippen LogP contribution < -0.4 is 5.56 Å². The molecule has 0 bridgehead atoms. The molecule has 1 aliphatic heterocycles. The van der Waals surface area contributed by atoms with Gasteiger partial charge in [-0.3, -0.25) is 9.59 Å². The first-order valence-corrected chi connectivity index (χ1v) is 9.48. The van der Waals surface area contributed by atoms with E-state index in [1.54, 1.807) is 24.1 Å². The van der Waals surface area contributed by atoms with Crippen molar-refractivity contribution in [1.29, 1.82) is 0 Å². The maximum Gasteiger partial charge on any atom is 0.289 e. The van der Waals surface area contributed by atoms with Crippen LogP contribution in [-0.4, -0.2) is 27.1 Å². The molecule has 0 atom stereocenters. The van der Waals surface area contributed by atoms with Gasteiger partial charge in [0.05, 0.1) is 5.69 Å². The number of furan rings is 1. The van der Waals surface area contributed by atoms with Crippen molar-refractivity contribution in [1.82, 2.24) is 14.7 Å². The summed E-state index contributed by atoms with van der Waals surface area (Å²) in [5.41, 5.74) is 3.69. The number of fused-ring (bicyclic) bond motifs is 1. The summed E-state index contributed by atoms with van der Waals surface area (Å²) in [5.74, 6) is 1.24. The Hall–Kier alpha value is -3.15. The van der Waals surface area contributed by atoms with Crippen LogP contribution in [0.5, 0.6) is 0 Å². The van der Waals surface area contributed by atoms with E-state index in [0.29, 0.717) is 36.9 Å². The van der Waals surface area contributed by atoms with E-state index in [0.717, 1.165) is 16.8 Å². The van der Waals surface area contributed by atoms with Crippen LogP contribution in [0.2, 0.25) is 0 Å². The topological polar surface area (TPSA) is 68.3 Å². The zero-order valence-electron chi connectivity index (χ0n) is 16.3. The van der Waals surface area contributed by atoms with Crippen LogP contribution in [0.25, 0.3) is 11.3 Å². The molecule has 1 aliphatic rings. The van der Waals surface area contributed by atoms with Gasteiger partial charge in [0.1, 0.15) is 5.76 Å². The smallest absolute Gasteiger partial charge is 0.289 e. The molecule has 144 valence electrons. The second-order valence-corrected chi connectivity index (χ2v) is 7.50. The van der Waals surface area contributed by atoms with Gasteiger partial charge in [-0.25, -0.2) is 4.68 Å². The molecule has 2 aromatic heterocycles. The van der Waals surface area contributed by atoms with E-state index in [-0.39, 0.29) is 11.5 Å². The number of aryl methyl sites for hydroxylation is 1. The standard InChI is InChI=1S/C22H23N3O3/c1-14(2)15-5-4-6-16(11-15)19-7-8-20(28-19)22(27)25-10-9-18-17(13-25)12-21(26)24(3)23-18/h4-8,11-12,14H,9-10,13H2,1-3H3. The van der Waals surface area contributed by atoms with Crippen LogP contribution in [0.4, 0.5) is 0 Å². The highest BCUT2D eigenvalue weighted by Crippen LogP contribution is 2.27. The minimum Gasteiger partial charge on any atom is -0.451 e. The molecule has 0 saturated carbocycles. The van der Waals surface area contributed by atoms with Crippen LogP contribution in [0.15, 0.2) is 51.7 Å². The Morgan fingerprint density at radius 3 is 2.79 bits per heavy atom. The first kappa shape index (κ1) is 18.2. The molecule has 1 aromatic carbocycles. The van der Waals surface area contributed by atoms with Crippen LogP contribution >= 0.6 is 0 Å². The number of carbonyl (C=O) groups excluding carboxylic acids is 1. The van der Waals surface area contributed by atoms with Crippen LogP contribution in [0, 0.1) is 0 Å². The second kappa shape index (κ2) is 7.11. The number of hydrogen-bond donors (Lipinski definition) is 0. The second-order valence-electron chi connectivity index (χ2n) is 7.50. The number of aromatic nitrogens is 2. The van der Waals surface area contributed by atoms with E-state index in [9.17, 15) is 9.59 Å². The molecule has 0 saturated heterocycles. The lowest BCUT2D eigenvalue weighted by atomic mass is 10.0. The quantitative estimate of drug-likeness (QED) is 0.702. The van der Waals surface area contributed by atoms with Gasteiger partial charge in [-0.15, -0.1) is 0 Å². The number of rotatable bonds is 3. The van der Waals surface area contributed by atoms with Gasteiger partial charge in [-0.05, 0) is 29.7 Å². The van der Waals surface area contributed by atoms with Crippen molar-refractivity contribution in [3.8, 4) is 11.3 Å². The fourth-order valence-corrected chi connectivity index (χ4v) is 3.48. The van der Waals surface area contributed by atoms with Crippen molar-refractivity contribution in [2.75, 3.05) is 6.54 Å². The van der Waals surface area contributed by atoms with E-state index >= 15 is 0 Å². The van der Waals surface area contributed by atoms with Gasteiger partial charge in [-0.2, -0.15) is 5.10 Å². The number of carbonyl (C=O) groups is 1. The summed E-state index contributed by atoms with van der Waals surface area (Å²) in [7, 11) is 1.64. The minimum atomic E-state index is -0.169. The monoisotopic (exact) mass is 377 g/mol. The summed E-state index contributed by atoms with van der Waals surface area (Å²) in [6.07, 6.45) is 0.624. The SMILES string of the molecule is CC(C)c1cccc(-c2ccc(C(=O)N3CCc4nn(C)c(=O)cc4C3)o2)c1. The fourth-order valence-electron chi connectivity index (χ4n) is 3.48. The zero-order chi connectivity index (χ0) is 19.8. The highest BCUT2D eigenvalue weighted by molar-refractivity contribution is 5.92. The highest BCUT2D eigenvalue weighted by Gasteiger charge is 2.25. The first-order chi connectivity index (χ1) is 13.4. The van der Waals surface area contributed by atoms with Crippen LogP contribution in [-0.2, 0) is 20.0 Å². The molecular formula is C22H23N3O3. The third-order valence-corrected chi connectivity index (χ3v) is 5.18. The molecular weight excluding hydrogens is 354 g/mol. The van der Waals surface area contributed by atoms with Gasteiger partial charge in [-0.1, -0.05) is 32.0 Å². The Kier molecular flexibility index (Phi) is 4.63. The van der Waals surface area contributed by atoms with E-state index in [1.165, 1.54) is 10.2 Å². The van der Waals surface area contributed by atoms with Crippen LogP contribution in [0.1, 0.15) is 47.1 Å². The molecule has 1 amide bonds. The number of benzene rings is 1. The molecule has 0 N–H and O–H groups in total. The fraction of sp³-hybridized carbons (Fsp3) is 0.318. The molecule has 4 rings (SSSR count). The van der Waals surface area contributed by atoms with Gasteiger partial charge in [0.2, 0.25) is 0 Å². The van der Waals surface area contributed by atoms with Crippen molar-refractivity contribution in [2.45, 2.75) is 32.7 Å². The van der Waals surface area contributed by atoms with Crippen molar-refractivity contribution in [2.24, 2.45) is 7.05 Å². The maximum atomic E-state index is 12.9. The third kappa shape index (κ3) is 3.38. The summed E-state index contributed by atoms with van der Waals surface area (Å²) in [4.78, 5) is 26.5. The maximum absolute atomic E-state index is 12.9. The molecule has 0 fully saturated rings. The Labute approximate surface area is 163 Å². The molecule has 0 radical (unpaired) electrons. The predicted octanol–water partition coefficient (Wildman–Crippen LogP) is 3.36. The average molecular weight is 377 g/mol. The van der Waals surface area contributed by atoms with E-state index in [2.05, 4.69) is 31.1 Å². The zero-order valence-corrected chi connectivity index (χ0v) is 16.3. The lowest BCUT2D eigenvalue weighted by Gasteiger charge is -2.27. The minimum absolute atomic E-state index is 0.168. The highest BCUT2D eigenvalue weighted by atomic mass is 16.4. The Morgan fingerprint density at radius 2 is 2.00 bits per heavy atom. The lowest BCUT2D eigenvalue weighted by molar-refractivity contribution is 0.0701. The Bertz CT molecular complexity index is 1090. The number of amides is 1. The van der Waals surface area contributed by atoms with E-state index in [1.807, 2.05) is 18.2 Å². The van der Waals surface area contributed by atoms with E-state index < -0.39 is 0 Å². The van der Waals surface area contributed by atoms with Crippen molar-refractivity contribution in [3.05, 3.63) is 75.4 Å². The summed E-state index contributed by atoms with van der Waals surface area (Å²) in [6, 6.07) is 13.3. The molecule has 0 aliphatic carbocycles. The molecule has 6 nitrogen and oxygen atoms in total. The number of hydrogen-bond acceptors (Lipinski definition) is 4. The third-order valence-electron chi connectivity index (χ3n) is 5.18. The first-order valence-electron chi connectivity index (χ1n) is 9.48. The Morgan fingerprint density at radius 1 is 1.18 bits per heavy atom. The van der Waals surface area contributed by atoms with Gasteiger partial charge in [0, 0.05) is 43.8 Å². The van der Waals surface area contributed by atoms with Gasteiger partial charge >= 0.3 is 0 Å². The van der Waals surface area contributed by atoms with E-state index in [4.69, 9.17) is 4.42 Å². The number of nitrogens with zero attached hydrogens (tertiary/aromatic N) is 3. The molecule has 3 heterocycles. The van der Waals surface area contributed by atoms with Crippen molar-refractivity contribution < 1.29 is 9.21 Å². The predicted molar refractivity (Wildman–Crippen MR) is 106 cm³/mol. The van der Waals surface area contributed by atoms with Gasteiger partial charge in [0.15, 0.2) is 5.76 Å². The lowest BCUT2D eigenvalue weighted by Crippen LogP contribution is -2.38. The molecule has 6 heteroatoms. The Balaban J connectivity index is 1.56. The summed E-state index contributed by atoms with van der Waals surface area (Å²) >= 11 is 0. The van der Waals surface area contributed by atoms with Gasteiger partial charge in [0.25, 0.3) is 11.5 Å².